The molecule has 6 heteroatoms. The minimum atomic E-state index is -0.554. The molecular weight excluding hydrogens is 314 g/mol. The minimum absolute atomic E-state index is 0.225. The van der Waals surface area contributed by atoms with Gasteiger partial charge in [0, 0.05) is 0 Å². The predicted molar refractivity (Wildman–Crippen MR) is 73.7 cm³/mol. The van der Waals surface area contributed by atoms with Crippen LogP contribution < -0.4 is 4.74 Å². The van der Waals surface area contributed by atoms with Crippen LogP contribution in [0, 0.1) is 10.1 Å². The van der Waals surface area contributed by atoms with Crippen molar-refractivity contribution >= 4 is 21.8 Å². The van der Waals surface area contributed by atoms with Gasteiger partial charge in [-0.1, -0.05) is 28.1 Å². The largest absolute Gasteiger partial charge is 0.494 e. The van der Waals surface area contributed by atoms with E-state index in [9.17, 15) is 10.1 Å². The summed E-state index contributed by atoms with van der Waals surface area (Å²) in [6.45, 7) is 2.53. The fraction of sp³-hybridized carbons (Fsp3) is 0.231. The average Bonchev–Trinajstić information content (AvgIpc) is 2.89. The Kier molecular flexibility index (Phi) is 4.21. The summed E-state index contributed by atoms with van der Waals surface area (Å²) in [6.07, 6.45) is 0. The molecule has 1 unspecified atom stereocenters. The van der Waals surface area contributed by atoms with Crippen molar-refractivity contribution in [3.8, 4) is 5.75 Å². The van der Waals surface area contributed by atoms with Gasteiger partial charge in [0.05, 0.1) is 17.5 Å². The third-order valence-corrected chi connectivity index (χ3v) is 3.51. The highest BCUT2D eigenvalue weighted by atomic mass is 79.9. The van der Waals surface area contributed by atoms with E-state index >= 15 is 0 Å². The van der Waals surface area contributed by atoms with Gasteiger partial charge < -0.3 is 9.15 Å². The van der Waals surface area contributed by atoms with Crippen LogP contribution in [0.3, 0.4) is 0 Å². The van der Waals surface area contributed by atoms with E-state index < -0.39 is 4.92 Å². The van der Waals surface area contributed by atoms with Crippen LogP contribution in [-0.2, 0) is 0 Å². The second kappa shape index (κ2) is 5.88. The molecular formula is C13H12BrNO4. The summed E-state index contributed by atoms with van der Waals surface area (Å²) in [6, 6.07) is 10.4. The zero-order valence-electron chi connectivity index (χ0n) is 10.2. The van der Waals surface area contributed by atoms with Crippen molar-refractivity contribution in [1.82, 2.24) is 0 Å². The molecule has 1 aromatic heterocycles. The van der Waals surface area contributed by atoms with Gasteiger partial charge in [0.1, 0.15) is 16.4 Å². The molecule has 5 nitrogen and oxygen atoms in total. The first-order valence-corrected chi connectivity index (χ1v) is 6.64. The predicted octanol–water partition coefficient (Wildman–Crippen LogP) is 4.07. The van der Waals surface area contributed by atoms with Gasteiger partial charge in [0.15, 0.2) is 0 Å². The average molecular weight is 326 g/mol. The van der Waals surface area contributed by atoms with E-state index in [0.717, 1.165) is 11.3 Å². The quantitative estimate of drug-likeness (QED) is 0.472. The summed E-state index contributed by atoms with van der Waals surface area (Å²) < 4.78 is 10.5. The molecule has 0 spiro atoms. The lowest BCUT2D eigenvalue weighted by molar-refractivity contribution is -0.402. The standard InChI is InChI=1S/C13H12BrNO4/c1-2-18-10-5-3-9(4-6-10)13(14)11-7-8-12(19-11)15(16)17/h3-8,13H,2H2,1H3. The van der Waals surface area contributed by atoms with Crippen molar-refractivity contribution in [2.75, 3.05) is 6.61 Å². The van der Waals surface area contributed by atoms with Crippen molar-refractivity contribution < 1.29 is 14.1 Å². The lowest BCUT2D eigenvalue weighted by Gasteiger charge is -2.08. The molecule has 0 aliphatic heterocycles. The number of hydrogen-bond acceptors (Lipinski definition) is 4. The van der Waals surface area contributed by atoms with Crippen LogP contribution in [0.15, 0.2) is 40.8 Å². The highest BCUT2D eigenvalue weighted by Gasteiger charge is 2.19. The molecule has 0 N–H and O–H groups in total. The van der Waals surface area contributed by atoms with Crippen LogP contribution in [0.4, 0.5) is 5.88 Å². The zero-order chi connectivity index (χ0) is 13.8. The number of alkyl halides is 1. The maximum absolute atomic E-state index is 10.6. The Balaban J connectivity index is 2.17. The number of nitro groups is 1. The Labute approximate surface area is 118 Å². The highest BCUT2D eigenvalue weighted by Crippen LogP contribution is 2.34. The molecule has 0 aliphatic rings. The normalized spacial score (nSPS) is 12.1. The summed E-state index contributed by atoms with van der Waals surface area (Å²) in [5.74, 6) is 1.03. The molecule has 0 aliphatic carbocycles. The van der Waals surface area contributed by atoms with E-state index in [2.05, 4.69) is 15.9 Å². The maximum atomic E-state index is 10.6. The number of ether oxygens (including phenoxy) is 1. The second-order valence-electron chi connectivity index (χ2n) is 3.80. The molecule has 1 aromatic carbocycles. The number of hydrogen-bond donors (Lipinski definition) is 0. The van der Waals surface area contributed by atoms with Crippen molar-refractivity contribution in [3.05, 3.63) is 57.8 Å². The summed E-state index contributed by atoms with van der Waals surface area (Å²) in [5, 5.41) is 10.6. The van der Waals surface area contributed by atoms with Crippen LogP contribution in [0.5, 0.6) is 5.75 Å². The van der Waals surface area contributed by atoms with Crippen LogP contribution in [-0.4, -0.2) is 11.5 Å². The molecule has 100 valence electrons. The van der Waals surface area contributed by atoms with Crippen molar-refractivity contribution in [1.29, 1.82) is 0 Å². The van der Waals surface area contributed by atoms with Crippen LogP contribution in [0.1, 0.15) is 23.1 Å². The fourth-order valence-electron chi connectivity index (χ4n) is 1.64. The summed E-state index contributed by atoms with van der Waals surface area (Å²) in [4.78, 5) is 9.79. The molecule has 0 saturated heterocycles. The highest BCUT2D eigenvalue weighted by molar-refractivity contribution is 9.09. The smallest absolute Gasteiger partial charge is 0.433 e. The molecule has 0 fully saturated rings. The molecule has 1 heterocycles. The van der Waals surface area contributed by atoms with Crippen molar-refractivity contribution in [2.45, 2.75) is 11.8 Å². The van der Waals surface area contributed by atoms with E-state index in [4.69, 9.17) is 9.15 Å². The van der Waals surface area contributed by atoms with E-state index in [1.54, 1.807) is 6.07 Å². The molecule has 0 amide bonds. The monoisotopic (exact) mass is 325 g/mol. The molecule has 1 atom stereocenters. The van der Waals surface area contributed by atoms with Crippen LogP contribution >= 0.6 is 15.9 Å². The number of furan rings is 1. The summed E-state index contributed by atoms with van der Waals surface area (Å²) >= 11 is 3.46. The molecule has 19 heavy (non-hydrogen) atoms. The minimum Gasteiger partial charge on any atom is -0.494 e. The number of benzene rings is 1. The van der Waals surface area contributed by atoms with Gasteiger partial charge >= 0.3 is 5.88 Å². The number of rotatable bonds is 5. The topological polar surface area (TPSA) is 65.5 Å². The lowest BCUT2D eigenvalue weighted by Crippen LogP contribution is -1.93. The molecule has 0 saturated carbocycles. The summed E-state index contributed by atoms with van der Waals surface area (Å²) in [5.41, 5.74) is 0.938. The molecule has 2 rings (SSSR count). The second-order valence-corrected chi connectivity index (χ2v) is 4.71. The SMILES string of the molecule is CCOc1ccc(C(Br)c2ccc([N+](=O)[O-])o2)cc1. The number of halogens is 1. The van der Waals surface area contributed by atoms with Gasteiger partial charge in [-0.3, -0.25) is 10.1 Å². The van der Waals surface area contributed by atoms with Crippen molar-refractivity contribution in [2.24, 2.45) is 0 Å². The first kappa shape index (κ1) is 13.6. The van der Waals surface area contributed by atoms with E-state index in [1.165, 1.54) is 6.07 Å². The van der Waals surface area contributed by atoms with Gasteiger partial charge in [0.25, 0.3) is 0 Å². The zero-order valence-corrected chi connectivity index (χ0v) is 11.8. The first-order chi connectivity index (χ1) is 9.11. The molecule has 0 radical (unpaired) electrons. The van der Waals surface area contributed by atoms with Crippen LogP contribution in [0.2, 0.25) is 0 Å². The van der Waals surface area contributed by atoms with E-state index in [-0.39, 0.29) is 10.7 Å². The molecule has 0 bridgehead atoms. The van der Waals surface area contributed by atoms with Gasteiger partial charge in [-0.2, -0.15) is 0 Å². The Morgan fingerprint density at radius 2 is 2.00 bits per heavy atom. The van der Waals surface area contributed by atoms with Gasteiger partial charge in [-0.25, -0.2) is 0 Å². The van der Waals surface area contributed by atoms with E-state index in [0.29, 0.717) is 12.4 Å². The Hall–Kier alpha value is -1.82. The summed E-state index contributed by atoms with van der Waals surface area (Å²) in [7, 11) is 0. The van der Waals surface area contributed by atoms with Gasteiger partial charge in [-0.15, -0.1) is 0 Å². The van der Waals surface area contributed by atoms with Crippen LogP contribution in [0.25, 0.3) is 0 Å². The third kappa shape index (κ3) is 3.14. The van der Waals surface area contributed by atoms with Gasteiger partial charge in [0.2, 0.25) is 0 Å². The van der Waals surface area contributed by atoms with Gasteiger partial charge in [-0.05, 0) is 30.7 Å². The van der Waals surface area contributed by atoms with Crippen molar-refractivity contribution in [3.63, 3.8) is 0 Å². The number of nitrogens with zero attached hydrogens (tertiary/aromatic N) is 1. The lowest BCUT2D eigenvalue weighted by atomic mass is 10.1. The maximum Gasteiger partial charge on any atom is 0.433 e. The Morgan fingerprint density at radius 1 is 1.32 bits per heavy atom. The Bertz CT molecular complexity index is 564. The Morgan fingerprint density at radius 3 is 2.53 bits per heavy atom. The third-order valence-electron chi connectivity index (χ3n) is 2.53. The van der Waals surface area contributed by atoms with E-state index in [1.807, 2.05) is 31.2 Å². The first-order valence-electron chi connectivity index (χ1n) is 5.72. The fourth-order valence-corrected chi connectivity index (χ4v) is 2.19. The molecule has 2 aromatic rings.